The molecule has 0 saturated heterocycles. The Balaban J connectivity index is 1.48. The van der Waals surface area contributed by atoms with Gasteiger partial charge in [0.05, 0.1) is 36.6 Å². The van der Waals surface area contributed by atoms with Crippen molar-refractivity contribution in [1.82, 2.24) is 20.4 Å². The number of carbonyl (C=O) groups is 2. The summed E-state index contributed by atoms with van der Waals surface area (Å²) in [6.07, 6.45) is 2.04. The highest BCUT2D eigenvalue weighted by Gasteiger charge is 2.28. The lowest BCUT2D eigenvalue weighted by atomic mass is 10.1. The van der Waals surface area contributed by atoms with Gasteiger partial charge in [-0.1, -0.05) is 0 Å². The third-order valence-electron chi connectivity index (χ3n) is 4.17. The van der Waals surface area contributed by atoms with Crippen LogP contribution in [0.25, 0.3) is 0 Å². The fourth-order valence-electron chi connectivity index (χ4n) is 2.89. The van der Waals surface area contributed by atoms with E-state index in [2.05, 4.69) is 15.7 Å². The van der Waals surface area contributed by atoms with Crippen molar-refractivity contribution >= 4 is 11.8 Å². The number of aromatic nitrogens is 2. The van der Waals surface area contributed by atoms with E-state index in [-0.39, 0.29) is 30.3 Å². The summed E-state index contributed by atoms with van der Waals surface area (Å²) in [4.78, 5) is 24.3. The molecule has 3 rings (SSSR count). The largest absolute Gasteiger partial charge is 0.484 e. The molecular formula is C18H21FN4O4. The van der Waals surface area contributed by atoms with E-state index in [1.165, 1.54) is 30.5 Å². The lowest BCUT2D eigenvalue weighted by Crippen LogP contribution is -2.39. The van der Waals surface area contributed by atoms with E-state index in [1.54, 1.807) is 11.8 Å². The second kappa shape index (κ2) is 8.63. The predicted octanol–water partition coefficient (Wildman–Crippen LogP) is 0.518. The van der Waals surface area contributed by atoms with Crippen molar-refractivity contribution < 1.29 is 23.5 Å². The second-order valence-electron chi connectivity index (χ2n) is 6.15. The summed E-state index contributed by atoms with van der Waals surface area (Å²) in [7, 11) is 1.57. The molecule has 0 spiro atoms. The Morgan fingerprint density at radius 3 is 2.85 bits per heavy atom. The number of carbonyl (C=O) groups excluding carboxylic acids is 2. The van der Waals surface area contributed by atoms with Crippen LogP contribution in [0.15, 0.2) is 30.5 Å². The zero-order chi connectivity index (χ0) is 19.2. The second-order valence-corrected chi connectivity index (χ2v) is 6.15. The summed E-state index contributed by atoms with van der Waals surface area (Å²) in [5.74, 6) is -0.448. The first-order valence-corrected chi connectivity index (χ1v) is 8.56. The molecule has 0 aliphatic carbocycles. The molecule has 1 aromatic carbocycles. The third kappa shape index (κ3) is 4.82. The molecule has 0 radical (unpaired) electrons. The summed E-state index contributed by atoms with van der Waals surface area (Å²) in [5, 5.41) is 9.84. The lowest BCUT2D eigenvalue weighted by molar-refractivity contribution is -0.123. The minimum atomic E-state index is -0.366. The Bertz CT molecular complexity index is 806. The van der Waals surface area contributed by atoms with E-state index in [0.717, 1.165) is 5.69 Å². The van der Waals surface area contributed by atoms with Crippen LogP contribution in [-0.4, -0.2) is 54.5 Å². The van der Waals surface area contributed by atoms with Crippen molar-refractivity contribution in [3.8, 4) is 5.75 Å². The molecule has 2 N–H and O–H groups in total. The summed E-state index contributed by atoms with van der Waals surface area (Å²) >= 11 is 0. The van der Waals surface area contributed by atoms with Crippen LogP contribution in [0.2, 0.25) is 0 Å². The van der Waals surface area contributed by atoms with Crippen LogP contribution < -0.4 is 15.4 Å². The van der Waals surface area contributed by atoms with Crippen molar-refractivity contribution in [3.05, 3.63) is 47.5 Å². The molecule has 1 aromatic heterocycles. The van der Waals surface area contributed by atoms with Crippen LogP contribution in [0.4, 0.5) is 4.39 Å². The minimum absolute atomic E-state index is 0.163. The fraction of sp³-hybridized carbons (Fsp3) is 0.389. The summed E-state index contributed by atoms with van der Waals surface area (Å²) in [5.41, 5.74) is 1.29. The number of benzene rings is 1. The van der Waals surface area contributed by atoms with Gasteiger partial charge in [0.25, 0.3) is 11.8 Å². The zero-order valence-corrected chi connectivity index (χ0v) is 14.9. The smallest absolute Gasteiger partial charge is 0.258 e. The molecule has 0 fully saturated rings. The van der Waals surface area contributed by atoms with Crippen molar-refractivity contribution in [1.29, 1.82) is 0 Å². The molecular weight excluding hydrogens is 355 g/mol. The highest BCUT2D eigenvalue weighted by molar-refractivity contribution is 5.95. The Kier molecular flexibility index (Phi) is 6.02. The molecule has 2 heterocycles. The molecule has 0 bridgehead atoms. The Hall–Kier alpha value is -2.94. The van der Waals surface area contributed by atoms with Gasteiger partial charge in [-0.05, 0) is 24.3 Å². The third-order valence-corrected chi connectivity index (χ3v) is 4.17. The SMILES string of the molecule is COCCNC(=O)c1cnn2c1C[C@H](NC(=O)COc1ccc(F)cc1)C2. The van der Waals surface area contributed by atoms with Crippen LogP contribution in [0.3, 0.4) is 0 Å². The molecule has 9 heteroatoms. The number of ether oxygens (including phenoxy) is 2. The van der Waals surface area contributed by atoms with Crippen LogP contribution in [0.5, 0.6) is 5.75 Å². The fourth-order valence-corrected chi connectivity index (χ4v) is 2.89. The normalized spacial score (nSPS) is 15.3. The Morgan fingerprint density at radius 1 is 1.33 bits per heavy atom. The number of nitrogens with one attached hydrogen (secondary N) is 2. The molecule has 1 aliphatic heterocycles. The molecule has 27 heavy (non-hydrogen) atoms. The average Bonchev–Trinajstić information content (AvgIpc) is 3.21. The highest BCUT2D eigenvalue weighted by atomic mass is 19.1. The van der Waals surface area contributed by atoms with Gasteiger partial charge in [-0.3, -0.25) is 14.3 Å². The van der Waals surface area contributed by atoms with Gasteiger partial charge in [0, 0.05) is 20.1 Å². The first-order chi connectivity index (χ1) is 13.1. The van der Waals surface area contributed by atoms with Gasteiger partial charge in [0.2, 0.25) is 0 Å². The maximum Gasteiger partial charge on any atom is 0.258 e. The van der Waals surface area contributed by atoms with Crippen molar-refractivity contribution in [2.24, 2.45) is 0 Å². The minimum Gasteiger partial charge on any atom is -0.484 e. The number of hydrogen-bond acceptors (Lipinski definition) is 5. The molecule has 144 valence electrons. The van der Waals surface area contributed by atoms with E-state index >= 15 is 0 Å². The monoisotopic (exact) mass is 376 g/mol. The van der Waals surface area contributed by atoms with E-state index in [1.807, 2.05) is 0 Å². The maximum absolute atomic E-state index is 12.9. The van der Waals surface area contributed by atoms with Gasteiger partial charge in [-0.15, -0.1) is 0 Å². The van der Waals surface area contributed by atoms with Crippen molar-refractivity contribution in [2.75, 3.05) is 26.9 Å². The molecule has 0 unspecified atom stereocenters. The van der Waals surface area contributed by atoms with Crippen LogP contribution in [0, 0.1) is 5.82 Å². The number of halogens is 1. The number of methoxy groups -OCH3 is 1. The quantitative estimate of drug-likeness (QED) is 0.655. The number of nitrogens with zero attached hydrogens (tertiary/aromatic N) is 2. The topological polar surface area (TPSA) is 94.5 Å². The van der Waals surface area contributed by atoms with E-state index in [0.29, 0.717) is 37.4 Å². The van der Waals surface area contributed by atoms with E-state index < -0.39 is 0 Å². The molecule has 1 atom stereocenters. The van der Waals surface area contributed by atoms with E-state index in [4.69, 9.17) is 9.47 Å². The lowest BCUT2D eigenvalue weighted by Gasteiger charge is -2.12. The van der Waals surface area contributed by atoms with Gasteiger partial charge in [0.15, 0.2) is 6.61 Å². The van der Waals surface area contributed by atoms with Crippen LogP contribution in [-0.2, 0) is 22.5 Å². The van der Waals surface area contributed by atoms with Crippen LogP contribution in [0.1, 0.15) is 16.1 Å². The molecule has 8 nitrogen and oxygen atoms in total. The summed E-state index contributed by atoms with van der Waals surface area (Å²) in [6.45, 7) is 1.17. The average molecular weight is 376 g/mol. The number of hydrogen-bond donors (Lipinski definition) is 2. The molecule has 1 aliphatic rings. The molecule has 0 saturated carbocycles. The number of fused-ring (bicyclic) bond motifs is 1. The van der Waals surface area contributed by atoms with Crippen molar-refractivity contribution in [2.45, 2.75) is 19.0 Å². The summed E-state index contributed by atoms with van der Waals surface area (Å²) in [6, 6.07) is 5.29. The van der Waals surface area contributed by atoms with Gasteiger partial charge in [-0.2, -0.15) is 5.10 Å². The van der Waals surface area contributed by atoms with Crippen LogP contribution >= 0.6 is 0 Å². The van der Waals surface area contributed by atoms with Gasteiger partial charge in [-0.25, -0.2) is 4.39 Å². The maximum atomic E-state index is 12.9. The molecule has 2 amide bonds. The van der Waals surface area contributed by atoms with Crippen molar-refractivity contribution in [3.63, 3.8) is 0 Å². The molecule has 2 aromatic rings. The van der Waals surface area contributed by atoms with Gasteiger partial charge >= 0.3 is 0 Å². The van der Waals surface area contributed by atoms with Gasteiger partial charge in [0.1, 0.15) is 11.6 Å². The zero-order valence-electron chi connectivity index (χ0n) is 14.9. The Labute approximate surface area is 155 Å². The summed E-state index contributed by atoms with van der Waals surface area (Å²) < 4.78 is 24.8. The highest BCUT2D eigenvalue weighted by Crippen LogP contribution is 2.19. The first-order valence-electron chi connectivity index (χ1n) is 8.56. The van der Waals surface area contributed by atoms with E-state index in [9.17, 15) is 14.0 Å². The first kappa shape index (κ1) is 18.8. The van der Waals surface area contributed by atoms with Gasteiger partial charge < -0.3 is 20.1 Å². The Morgan fingerprint density at radius 2 is 2.11 bits per heavy atom. The number of amides is 2. The standard InChI is InChI=1S/C18H21FN4O4/c1-26-7-6-20-18(25)15-9-21-23-10-13(8-16(15)23)22-17(24)11-27-14-4-2-12(19)3-5-14/h2-5,9,13H,6-8,10-11H2,1H3,(H,20,25)(H,22,24)/t13-/m0/s1. The predicted molar refractivity (Wildman–Crippen MR) is 94.0 cm³/mol. The number of rotatable bonds is 8.